The first-order valence-electron chi connectivity index (χ1n) is 4.68. The Kier molecular flexibility index (Phi) is 4.72. The molecule has 0 unspecified atom stereocenters. The molecule has 0 amide bonds. The Labute approximate surface area is 84.8 Å². The van der Waals surface area contributed by atoms with E-state index in [-0.39, 0.29) is 0 Å². The van der Waals surface area contributed by atoms with E-state index in [9.17, 15) is 0 Å². The molecule has 0 fully saturated rings. The Hall–Kier alpha value is -1.35. The summed E-state index contributed by atoms with van der Waals surface area (Å²) in [5.41, 5.74) is 0.994. The number of hydrogen-bond acceptors (Lipinski definition) is 3. The minimum absolute atomic E-state index is 0.660. The molecule has 1 rings (SSSR count). The number of nitrogens with one attached hydrogen (secondary N) is 1. The molecule has 76 valence electrons. The van der Waals surface area contributed by atoms with Gasteiger partial charge in [0.25, 0.3) is 0 Å². The van der Waals surface area contributed by atoms with Crippen LogP contribution in [0.3, 0.4) is 0 Å². The van der Waals surface area contributed by atoms with Gasteiger partial charge in [-0.2, -0.15) is 0 Å². The Morgan fingerprint density at radius 3 is 3.14 bits per heavy atom. The van der Waals surface area contributed by atoms with Crippen LogP contribution in [0.2, 0.25) is 0 Å². The van der Waals surface area contributed by atoms with Crippen LogP contribution in [0.4, 0.5) is 0 Å². The van der Waals surface area contributed by atoms with Gasteiger partial charge in [0, 0.05) is 12.6 Å². The average molecular weight is 192 g/mol. The van der Waals surface area contributed by atoms with E-state index >= 15 is 0 Å². The van der Waals surface area contributed by atoms with Crippen LogP contribution >= 0.6 is 0 Å². The summed E-state index contributed by atoms with van der Waals surface area (Å²) >= 11 is 0. The number of nitrogens with zero attached hydrogens (tertiary/aromatic N) is 1. The minimum atomic E-state index is 0.660. The summed E-state index contributed by atoms with van der Waals surface area (Å²) in [6.45, 7) is 5.36. The van der Waals surface area contributed by atoms with E-state index in [4.69, 9.17) is 4.74 Å². The summed E-state index contributed by atoms with van der Waals surface area (Å²) in [6.07, 6.45) is 2.87. The molecular weight excluding hydrogens is 176 g/mol. The van der Waals surface area contributed by atoms with Crippen molar-refractivity contribution in [3.63, 3.8) is 0 Å². The normalized spacial score (nSPS) is 9.79. The predicted octanol–water partition coefficient (Wildman–Crippen LogP) is 1.76. The van der Waals surface area contributed by atoms with Gasteiger partial charge in [-0.1, -0.05) is 12.1 Å². The molecule has 0 radical (unpaired) electrons. The van der Waals surface area contributed by atoms with Gasteiger partial charge in [-0.3, -0.25) is 0 Å². The van der Waals surface area contributed by atoms with Crippen molar-refractivity contribution in [1.82, 2.24) is 10.3 Å². The molecule has 1 heterocycles. The molecule has 3 nitrogen and oxygen atoms in total. The molecule has 0 spiro atoms. The van der Waals surface area contributed by atoms with Crippen LogP contribution in [0.5, 0.6) is 5.88 Å². The molecule has 1 aromatic heterocycles. The summed E-state index contributed by atoms with van der Waals surface area (Å²) in [5, 5.41) is 3.26. The number of hydrogen-bond donors (Lipinski definition) is 1. The Balaban J connectivity index is 2.38. The largest absolute Gasteiger partial charge is 0.481 e. The number of ether oxygens (including phenoxy) is 1. The SMILES string of the molecule is C=CCCNCc1cccc(OC)n1. The highest BCUT2D eigenvalue weighted by molar-refractivity contribution is 5.15. The average Bonchev–Trinajstić information content (AvgIpc) is 2.25. The lowest BCUT2D eigenvalue weighted by Crippen LogP contribution is -2.14. The fourth-order valence-corrected chi connectivity index (χ4v) is 1.09. The van der Waals surface area contributed by atoms with Crippen molar-refractivity contribution in [2.24, 2.45) is 0 Å². The Morgan fingerprint density at radius 2 is 2.43 bits per heavy atom. The maximum Gasteiger partial charge on any atom is 0.213 e. The second-order valence-electron chi connectivity index (χ2n) is 2.93. The van der Waals surface area contributed by atoms with Gasteiger partial charge in [0.1, 0.15) is 0 Å². The highest BCUT2D eigenvalue weighted by Gasteiger charge is 1.95. The fraction of sp³-hybridized carbons (Fsp3) is 0.364. The maximum absolute atomic E-state index is 5.03. The molecule has 0 atom stereocenters. The zero-order valence-corrected chi connectivity index (χ0v) is 8.49. The molecule has 0 aliphatic heterocycles. The summed E-state index contributed by atoms with van der Waals surface area (Å²) in [4.78, 5) is 4.28. The zero-order valence-electron chi connectivity index (χ0n) is 8.49. The first-order valence-corrected chi connectivity index (χ1v) is 4.68. The monoisotopic (exact) mass is 192 g/mol. The molecule has 1 aromatic rings. The lowest BCUT2D eigenvalue weighted by molar-refractivity contribution is 0.395. The van der Waals surface area contributed by atoms with E-state index in [1.54, 1.807) is 7.11 Å². The minimum Gasteiger partial charge on any atom is -0.481 e. The van der Waals surface area contributed by atoms with Gasteiger partial charge in [-0.15, -0.1) is 6.58 Å². The lowest BCUT2D eigenvalue weighted by atomic mass is 10.3. The topological polar surface area (TPSA) is 34.1 Å². The Bertz CT molecular complexity index is 286. The number of aromatic nitrogens is 1. The second-order valence-corrected chi connectivity index (χ2v) is 2.93. The first kappa shape index (κ1) is 10.7. The van der Waals surface area contributed by atoms with Crippen LogP contribution in [0.15, 0.2) is 30.9 Å². The molecule has 0 saturated heterocycles. The molecule has 0 bridgehead atoms. The molecule has 0 aliphatic carbocycles. The molecular formula is C11H16N2O. The molecule has 0 aliphatic rings. The lowest BCUT2D eigenvalue weighted by Gasteiger charge is -2.04. The number of pyridine rings is 1. The van der Waals surface area contributed by atoms with Crippen molar-refractivity contribution < 1.29 is 4.74 Å². The van der Waals surface area contributed by atoms with Crippen LogP contribution in [-0.4, -0.2) is 18.6 Å². The summed E-state index contributed by atoms with van der Waals surface area (Å²) in [7, 11) is 1.62. The molecule has 3 heteroatoms. The van der Waals surface area contributed by atoms with Crippen molar-refractivity contribution in [3.05, 3.63) is 36.5 Å². The van der Waals surface area contributed by atoms with Crippen LogP contribution in [0.1, 0.15) is 12.1 Å². The Morgan fingerprint density at radius 1 is 1.57 bits per heavy atom. The van der Waals surface area contributed by atoms with Gasteiger partial charge in [-0.05, 0) is 19.0 Å². The quantitative estimate of drug-likeness (QED) is 0.551. The standard InChI is InChI=1S/C11H16N2O/c1-3-4-8-12-9-10-6-5-7-11(13-10)14-2/h3,5-7,12H,1,4,8-9H2,2H3. The summed E-state index contributed by atoms with van der Waals surface area (Å²) in [6, 6.07) is 5.76. The highest BCUT2D eigenvalue weighted by atomic mass is 16.5. The summed E-state index contributed by atoms with van der Waals surface area (Å²) < 4.78 is 5.03. The van der Waals surface area contributed by atoms with E-state index in [1.807, 2.05) is 24.3 Å². The maximum atomic E-state index is 5.03. The van der Waals surface area contributed by atoms with Crippen LogP contribution in [0, 0.1) is 0 Å². The zero-order chi connectivity index (χ0) is 10.2. The van der Waals surface area contributed by atoms with Gasteiger partial charge in [0.05, 0.1) is 12.8 Å². The van der Waals surface area contributed by atoms with Gasteiger partial charge >= 0.3 is 0 Å². The van der Waals surface area contributed by atoms with Crippen molar-refractivity contribution in [3.8, 4) is 5.88 Å². The van der Waals surface area contributed by atoms with Crippen LogP contribution in [-0.2, 0) is 6.54 Å². The fourth-order valence-electron chi connectivity index (χ4n) is 1.09. The van der Waals surface area contributed by atoms with Crippen LogP contribution < -0.4 is 10.1 Å². The summed E-state index contributed by atoms with van der Waals surface area (Å²) in [5.74, 6) is 0.660. The van der Waals surface area contributed by atoms with Gasteiger partial charge in [0.2, 0.25) is 5.88 Å². The van der Waals surface area contributed by atoms with Gasteiger partial charge in [0.15, 0.2) is 0 Å². The third kappa shape index (κ3) is 3.58. The van der Waals surface area contributed by atoms with E-state index in [0.29, 0.717) is 5.88 Å². The van der Waals surface area contributed by atoms with Crippen molar-refractivity contribution >= 4 is 0 Å². The van der Waals surface area contributed by atoms with E-state index in [2.05, 4.69) is 16.9 Å². The third-order valence-electron chi connectivity index (χ3n) is 1.82. The van der Waals surface area contributed by atoms with Gasteiger partial charge in [-0.25, -0.2) is 4.98 Å². The number of methoxy groups -OCH3 is 1. The predicted molar refractivity (Wildman–Crippen MR) is 57.3 cm³/mol. The van der Waals surface area contributed by atoms with Crippen molar-refractivity contribution in [1.29, 1.82) is 0 Å². The number of rotatable bonds is 6. The molecule has 14 heavy (non-hydrogen) atoms. The van der Waals surface area contributed by atoms with E-state index in [0.717, 1.165) is 25.2 Å². The van der Waals surface area contributed by atoms with Crippen LogP contribution in [0.25, 0.3) is 0 Å². The smallest absolute Gasteiger partial charge is 0.213 e. The van der Waals surface area contributed by atoms with Crippen molar-refractivity contribution in [2.45, 2.75) is 13.0 Å². The van der Waals surface area contributed by atoms with E-state index < -0.39 is 0 Å². The third-order valence-corrected chi connectivity index (χ3v) is 1.82. The van der Waals surface area contributed by atoms with Gasteiger partial charge < -0.3 is 10.1 Å². The van der Waals surface area contributed by atoms with E-state index in [1.165, 1.54) is 0 Å². The molecule has 0 saturated carbocycles. The molecule has 0 aromatic carbocycles. The second kappa shape index (κ2) is 6.16. The highest BCUT2D eigenvalue weighted by Crippen LogP contribution is 2.05. The van der Waals surface area contributed by atoms with Crippen molar-refractivity contribution in [2.75, 3.05) is 13.7 Å². The molecule has 1 N–H and O–H groups in total. The first-order chi connectivity index (χ1) is 6.86.